The molecule has 1 atom stereocenters. The molecule has 36 heavy (non-hydrogen) atoms. The molecule has 1 fully saturated rings. The number of ether oxygens (including phenoxy) is 1. The molecular weight excluding hydrogens is 461 g/mol. The number of aliphatic hydroxyl groups is 1. The third-order valence-corrected chi connectivity index (χ3v) is 6.87. The van der Waals surface area contributed by atoms with Crippen LogP contribution in [0.1, 0.15) is 30.2 Å². The molecule has 0 aliphatic carbocycles. The Hall–Kier alpha value is -3.98. The molecule has 0 radical (unpaired) electrons. The first-order valence-electron chi connectivity index (χ1n) is 11.9. The van der Waals surface area contributed by atoms with Gasteiger partial charge in [-0.3, -0.25) is 9.69 Å². The molecule has 5 rings (SSSR count). The second kappa shape index (κ2) is 9.23. The van der Waals surface area contributed by atoms with Gasteiger partial charge >= 0.3 is 0 Å². The van der Waals surface area contributed by atoms with Crippen LogP contribution in [0.25, 0.3) is 11.8 Å². The maximum absolute atomic E-state index is 13.8. The summed E-state index contributed by atoms with van der Waals surface area (Å²) in [6.07, 6.45) is 5.84. The number of benzene rings is 2. The van der Waals surface area contributed by atoms with E-state index >= 15 is 0 Å². The number of aliphatic hydroxyl groups excluding tert-OH is 1. The molecule has 8 nitrogen and oxygen atoms in total. The number of methoxy groups -OCH3 is 1. The quantitative estimate of drug-likeness (QED) is 0.536. The minimum atomic E-state index is -1.02. The number of imidazole rings is 1. The molecule has 1 unspecified atom stereocenters. The molecule has 1 aromatic heterocycles. The van der Waals surface area contributed by atoms with Gasteiger partial charge in [-0.1, -0.05) is 18.2 Å². The summed E-state index contributed by atoms with van der Waals surface area (Å²) < 4.78 is 21.1. The Bertz CT molecular complexity index is 1360. The smallest absolute Gasteiger partial charge is 0.280 e. The molecule has 3 aromatic rings. The lowest BCUT2D eigenvalue weighted by molar-refractivity contribution is -0.130. The van der Waals surface area contributed by atoms with Gasteiger partial charge in [0.1, 0.15) is 22.8 Å². The van der Waals surface area contributed by atoms with Gasteiger partial charge < -0.3 is 19.3 Å². The van der Waals surface area contributed by atoms with Crippen LogP contribution in [0.5, 0.6) is 5.75 Å². The predicted molar refractivity (Wildman–Crippen MR) is 134 cm³/mol. The highest BCUT2D eigenvalue weighted by molar-refractivity contribution is 6.14. The third kappa shape index (κ3) is 3.85. The van der Waals surface area contributed by atoms with Crippen molar-refractivity contribution >= 4 is 17.9 Å². The highest BCUT2D eigenvalue weighted by atomic mass is 19.1. The average molecular weight is 490 g/mol. The molecule has 1 saturated heterocycles. The van der Waals surface area contributed by atoms with Crippen LogP contribution >= 0.6 is 0 Å². The molecule has 9 heteroatoms. The summed E-state index contributed by atoms with van der Waals surface area (Å²) in [4.78, 5) is 26.3. The second-order valence-corrected chi connectivity index (χ2v) is 8.96. The number of halogens is 1. The molecule has 0 spiro atoms. The summed E-state index contributed by atoms with van der Waals surface area (Å²) >= 11 is 0. The largest absolute Gasteiger partial charge is 0.495 e. The Morgan fingerprint density at radius 3 is 2.64 bits per heavy atom. The van der Waals surface area contributed by atoms with Crippen molar-refractivity contribution < 1.29 is 19.0 Å². The summed E-state index contributed by atoms with van der Waals surface area (Å²) in [6, 6.07) is 11.6. The summed E-state index contributed by atoms with van der Waals surface area (Å²) in [5, 5.41) is 10.6. The lowest BCUT2D eigenvalue weighted by atomic mass is 9.83. The van der Waals surface area contributed by atoms with E-state index in [9.17, 15) is 14.3 Å². The zero-order chi connectivity index (χ0) is 25.4. The van der Waals surface area contributed by atoms with Gasteiger partial charge in [0.25, 0.3) is 5.91 Å². The number of guanidine groups is 1. The van der Waals surface area contributed by atoms with E-state index in [0.29, 0.717) is 36.8 Å². The van der Waals surface area contributed by atoms with Crippen LogP contribution in [-0.4, -0.2) is 63.1 Å². The van der Waals surface area contributed by atoms with Crippen LogP contribution in [0, 0.1) is 12.7 Å². The fourth-order valence-corrected chi connectivity index (χ4v) is 4.92. The lowest BCUT2D eigenvalue weighted by Crippen LogP contribution is -2.62. The first-order chi connectivity index (χ1) is 17.4. The minimum Gasteiger partial charge on any atom is -0.495 e. The molecule has 186 valence electrons. The van der Waals surface area contributed by atoms with Crippen LogP contribution in [0.15, 0.2) is 65.7 Å². The zero-order valence-electron chi connectivity index (χ0n) is 20.5. The topological polar surface area (TPSA) is 83.2 Å². The van der Waals surface area contributed by atoms with Gasteiger partial charge in [0.15, 0.2) is 0 Å². The molecule has 1 amide bonds. The van der Waals surface area contributed by atoms with E-state index in [0.717, 1.165) is 16.9 Å². The first-order valence-corrected chi connectivity index (χ1v) is 11.9. The summed E-state index contributed by atoms with van der Waals surface area (Å²) in [5.41, 5.74) is 2.38. The molecule has 2 aliphatic heterocycles. The monoisotopic (exact) mass is 489 g/mol. The number of carbonyl (C=O) groups is 1. The molecule has 0 saturated carbocycles. The molecule has 3 heterocycles. The SMILES string of the molecule is CCN1CCC(CO)(c2ccc(F)cc2)N2C(=O)/C(=C/c3ccc(-n4cnc(C)c4)c(OC)c3)N=C12. The van der Waals surface area contributed by atoms with Gasteiger partial charge in [-0.15, -0.1) is 0 Å². The van der Waals surface area contributed by atoms with E-state index in [1.54, 1.807) is 36.5 Å². The molecular formula is C27H28FN5O3. The number of aromatic nitrogens is 2. The maximum Gasteiger partial charge on any atom is 0.280 e. The summed E-state index contributed by atoms with van der Waals surface area (Å²) in [6.45, 7) is 4.88. The van der Waals surface area contributed by atoms with Crippen LogP contribution in [-0.2, 0) is 10.3 Å². The van der Waals surface area contributed by atoms with E-state index in [-0.39, 0.29) is 24.0 Å². The highest BCUT2D eigenvalue weighted by Crippen LogP contribution is 2.41. The average Bonchev–Trinajstić information content (AvgIpc) is 3.47. The molecule has 1 N–H and O–H groups in total. The van der Waals surface area contributed by atoms with Gasteiger partial charge in [0.05, 0.1) is 31.4 Å². The number of aryl methyl sites for hydroxylation is 1. The van der Waals surface area contributed by atoms with Crippen molar-refractivity contribution in [1.82, 2.24) is 19.4 Å². The molecule has 0 bridgehead atoms. The lowest BCUT2D eigenvalue weighted by Gasteiger charge is -2.48. The third-order valence-electron chi connectivity index (χ3n) is 6.87. The van der Waals surface area contributed by atoms with Crippen molar-refractivity contribution in [3.8, 4) is 11.4 Å². The molecule has 2 aliphatic rings. The van der Waals surface area contributed by atoms with Gasteiger partial charge in [-0.25, -0.2) is 14.4 Å². The fourth-order valence-electron chi connectivity index (χ4n) is 4.92. The Kier molecular flexibility index (Phi) is 6.09. The van der Waals surface area contributed by atoms with E-state index in [2.05, 4.69) is 4.98 Å². The van der Waals surface area contributed by atoms with E-state index in [1.807, 2.05) is 47.7 Å². The normalized spacial score (nSPS) is 20.6. The van der Waals surface area contributed by atoms with Crippen molar-refractivity contribution in [2.24, 2.45) is 4.99 Å². The predicted octanol–water partition coefficient (Wildman–Crippen LogP) is 3.48. The summed E-state index contributed by atoms with van der Waals surface area (Å²) in [5.74, 6) is 0.442. The fraction of sp³-hybridized carbons (Fsp3) is 0.296. The van der Waals surface area contributed by atoms with Crippen LogP contribution in [0.4, 0.5) is 4.39 Å². The van der Waals surface area contributed by atoms with Gasteiger partial charge in [-0.05, 0) is 61.7 Å². The Morgan fingerprint density at radius 2 is 2.00 bits per heavy atom. The van der Waals surface area contributed by atoms with Crippen molar-refractivity contribution in [2.75, 3.05) is 26.8 Å². The number of carbonyl (C=O) groups excluding carboxylic acids is 1. The standard InChI is InChI=1S/C27H28FN5O3/c1-4-31-12-11-27(16-34,20-6-8-21(28)9-7-20)33-25(35)22(30-26(31)33)13-19-5-10-23(24(14-19)36-3)32-15-18(2)29-17-32/h5-10,13-15,17,34H,4,11-12,16H2,1-3H3/b22-13-. The Balaban J connectivity index is 1.55. The van der Waals surface area contributed by atoms with Gasteiger partial charge in [-0.2, -0.15) is 0 Å². The van der Waals surface area contributed by atoms with Crippen molar-refractivity contribution in [1.29, 1.82) is 0 Å². The van der Waals surface area contributed by atoms with Gasteiger partial charge in [0.2, 0.25) is 5.96 Å². The maximum atomic E-state index is 13.8. The first kappa shape index (κ1) is 23.7. The Morgan fingerprint density at radius 1 is 1.22 bits per heavy atom. The number of amides is 1. The number of hydrogen-bond acceptors (Lipinski definition) is 6. The van der Waals surface area contributed by atoms with Crippen LogP contribution in [0.2, 0.25) is 0 Å². The van der Waals surface area contributed by atoms with Crippen molar-refractivity contribution in [3.05, 3.63) is 83.3 Å². The number of nitrogens with zero attached hydrogens (tertiary/aromatic N) is 5. The highest BCUT2D eigenvalue weighted by Gasteiger charge is 2.51. The zero-order valence-corrected chi connectivity index (χ0v) is 20.5. The molecule has 2 aromatic carbocycles. The minimum absolute atomic E-state index is 0.263. The number of rotatable bonds is 6. The van der Waals surface area contributed by atoms with Crippen LogP contribution < -0.4 is 4.74 Å². The van der Waals surface area contributed by atoms with E-state index in [4.69, 9.17) is 9.73 Å². The number of hydrogen-bond donors (Lipinski definition) is 1. The van der Waals surface area contributed by atoms with Crippen molar-refractivity contribution in [3.63, 3.8) is 0 Å². The number of fused-ring (bicyclic) bond motifs is 1. The van der Waals surface area contributed by atoms with E-state index in [1.165, 1.54) is 12.1 Å². The second-order valence-electron chi connectivity index (χ2n) is 8.96. The van der Waals surface area contributed by atoms with E-state index < -0.39 is 5.54 Å². The Labute approximate surface area is 209 Å². The summed E-state index contributed by atoms with van der Waals surface area (Å²) in [7, 11) is 1.60. The van der Waals surface area contributed by atoms with Crippen molar-refractivity contribution in [2.45, 2.75) is 25.8 Å². The number of aliphatic imine (C=N–C) groups is 1. The van der Waals surface area contributed by atoms with Crippen LogP contribution in [0.3, 0.4) is 0 Å². The van der Waals surface area contributed by atoms with Gasteiger partial charge in [0, 0.05) is 19.3 Å².